The molecule has 0 aliphatic carbocycles. The van der Waals surface area contributed by atoms with Gasteiger partial charge in [-0.25, -0.2) is 4.57 Å². The second-order valence-electron chi connectivity index (χ2n) is 22.6. The summed E-state index contributed by atoms with van der Waals surface area (Å²) in [6, 6.07) is 0. The van der Waals surface area contributed by atoms with Gasteiger partial charge in [0, 0.05) is 19.3 Å². The Morgan fingerprint density at radius 2 is 0.613 bits per heavy atom. The van der Waals surface area contributed by atoms with Crippen LogP contribution in [0.1, 0.15) is 329 Å². The first-order chi connectivity index (χ1) is 39.2. The van der Waals surface area contributed by atoms with E-state index in [0.29, 0.717) is 19.3 Å². The summed E-state index contributed by atoms with van der Waals surface area (Å²) in [7, 11) is -4.76. The number of carbonyl (C=O) groups excluding carboxylic acids is 3. The summed E-state index contributed by atoms with van der Waals surface area (Å²) in [5.74, 6) is -1.46. The zero-order valence-corrected chi connectivity index (χ0v) is 53.0. The lowest BCUT2D eigenvalue weighted by Gasteiger charge is -2.21. The number of allylic oxidation sites excluding steroid dienone is 8. The molecule has 0 aliphatic heterocycles. The first kappa shape index (κ1) is 77.4. The second kappa shape index (κ2) is 62.5. The third-order valence-corrected chi connectivity index (χ3v) is 15.7. The van der Waals surface area contributed by atoms with Crippen molar-refractivity contribution in [2.24, 2.45) is 0 Å². The van der Waals surface area contributed by atoms with Gasteiger partial charge in [-0.05, 0) is 83.5 Å². The molecule has 3 atom stereocenters. The van der Waals surface area contributed by atoms with E-state index in [1.807, 2.05) is 0 Å². The van der Waals surface area contributed by atoms with Crippen LogP contribution in [0.3, 0.4) is 0 Å². The lowest BCUT2D eigenvalue weighted by molar-refractivity contribution is -0.161. The van der Waals surface area contributed by atoms with Crippen LogP contribution in [0.2, 0.25) is 0 Å². The van der Waals surface area contributed by atoms with Crippen molar-refractivity contribution in [3.05, 3.63) is 48.6 Å². The number of hydrogen-bond acceptors (Lipinski definition) is 10. The van der Waals surface area contributed by atoms with E-state index < -0.39 is 57.8 Å². The highest BCUT2D eigenvalue weighted by Gasteiger charge is 2.28. The van der Waals surface area contributed by atoms with Crippen molar-refractivity contribution in [3.8, 4) is 0 Å². The number of rotatable bonds is 63. The van der Waals surface area contributed by atoms with Crippen molar-refractivity contribution < 1.29 is 52.2 Å². The van der Waals surface area contributed by atoms with Gasteiger partial charge in [-0.2, -0.15) is 0 Å². The molecule has 0 saturated heterocycles. The standard InChI is InChI=1S/C68H125O11P/c1-4-7-10-13-16-19-22-25-28-31-32-35-38-41-44-47-50-53-56-59-68(72)79-65(61-75-66(70)57-54-51-48-45-42-39-36-33-29-26-23-20-17-14-11-8-5-2)63-77-80(73,74)76-62-64(60-69)78-67(71)58-55-52-49-46-43-40-37-34-30-27-24-21-18-15-12-9-6-3/h16,19,25,27-28,30,32,35,64-65,69H,4-15,17-18,20-24,26,29,31,33-34,36-63H2,1-3H3,(H,73,74)/b19-16-,28-25-,30-27-,35-32-. The molecule has 0 rings (SSSR count). The van der Waals surface area contributed by atoms with E-state index in [9.17, 15) is 28.9 Å². The summed E-state index contributed by atoms with van der Waals surface area (Å²) in [5, 5.41) is 9.86. The van der Waals surface area contributed by atoms with E-state index in [-0.39, 0.29) is 25.9 Å². The van der Waals surface area contributed by atoms with Crippen LogP contribution in [0.15, 0.2) is 48.6 Å². The molecule has 3 unspecified atom stereocenters. The van der Waals surface area contributed by atoms with Crippen molar-refractivity contribution in [2.45, 2.75) is 341 Å². The molecule has 11 nitrogen and oxygen atoms in total. The number of phosphoric ester groups is 1. The summed E-state index contributed by atoms with van der Waals surface area (Å²) in [5.41, 5.74) is 0. The van der Waals surface area contributed by atoms with E-state index in [1.165, 1.54) is 173 Å². The van der Waals surface area contributed by atoms with Gasteiger partial charge >= 0.3 is 25.7 Å². The zero-order chi connectivity index (χ0) is 58.3. The molecule has 468 valence electrons. The number of ether oxygens (including phenoxy) is 3. The molecule has 80 heavy (non-hydrogen) atoms. The minimum absolute atomic E-state index is 0.156. The monoisotopic (exact) mass is 1150 g/mol. The third kappa shape index (κ3) is 60.0. The van der Waals surface area contributed by atoms with Crippen LogP contribution in [-0.2, 0) is 42.2 Å². The molecule has 0 fully saturated rings. The Morgan fingerprint density at radius 3 is 0.975 bits per heavy atom. The normalized spacial score (nSPS) is 13.5. The lowest BCUT2D eigenvalue weighted by atomic mass is 10.0. The van der Waals surface area contributed by atoms with Crippen LogP contribution in [0.25, 0.3) is 0 Å². The highest BCUT2D eigenvalue weighted by atomic mass is 31.2. The molecule has 0 amide bonds. The Kier molecular flexibility index (Phi) is 60.5. The smallest absolute Gasteiger partial charge is 0.462 e. The van der Waals surface area contributed by atoms with Crippen LogP contribution < -0.4 is 0 Å². The summed E-state index contributed by atoms with van der Waals surface area (Å²) < 4.78 is 39.7. The molecule has 0 saturated carbocycles. The van der Waals surface area contributed by atoms with Crippen LogP contribution in [-0.4, -0.2) is 66.5 Å². The lowest BCUT2D eigenvalue weighted by Crippen LogP contribution is -2.30. The quantitative estimate of drug-likeness (QED) is 0.0197. The van der Waals surface area contributed by atoms with Crippen molar-refractivity contribution >= 4 is 25.7 Å². The van der Waals surface area contributed by atoms with Gasteiger partial charge < -0.3 is 24.2 Å². The van der Waals surface area contributed by atoms with Gasteiger partial charge in [0.25, 0.3) is 0 Å². The van der Waals surface area contributed by atoms with Gasteiger partial charge in [-0.15, -0.1) is 0 Å². The Bertz CT molecular complexity index is 1530. The molecule has 0 aromatic heterocycles. The van der Waals surface area contributed by atoms with Crippen LogP contribution in [0, 0.1) is 0 Å². The molecule has 0 radical (unpaired) electrons. The molecule has 12 heteroatoms. The Hall–Kier alpha value is -2.56. The Morgan fingerprint density at radius 1 is 0.350 bits per heavy atom. The van der Waals surface area contributed by atoms with Crippen molar-refractivity contribution in [1.29, 1.82) is 0 Å². The van der Waals surface area contributed by atoms with Crippen LogP contribution >= 0.6 is 7.82 Å². The SMILES string of the molecule is CCCCC/C=C\C/C=C\C/C=C\CCCCCCCCC(=O)OC(COC(=O)CCCCCCCCCCCCCCCCCCC)COP(=O)(O)OCC(CO)OC(=O)CCCCCCCCC/C=C\CCCCCCCC. The third-order valence-electron chi connectivity index (χ3n) is 14.7. The molecule has 0 aliphatic rings. The largest absolute Gasteiger partial charge is 0.472 e. The molecule has 0 heterocycles. The van der Waals surface area contributed by atoms with Gasteiger partial charge in [-0.1, -0.05) is 275 Å². The van der Waals surface area contributed by atoms with Gasteiger partial charge in [0.05, 0.1) is 19.8 Å². The van der Waals surface area contributed by atoms with E-state index >= 15 is 0 Å². The fourth-order valence-electron chi connectivity index (χ4n) is 9.60. The van der Waals surface area contributed by atoms with E-state index in [2.05, 4.69) is 69.4 Å². The fraction of sp³-hybridized carbons (Fsp3) is 0.838. The molecule has 0 bridgehead atoms. The maximum atomic E-state index is 13.0. The number of phosphoric acid groups is 1. The molecular formula is C68H125O11P. The zero-order valence-electron chi connectivity index (χ0n) is 52.1. The number of aliphatic hydroxyl groups is 1. The Balaban J connectivity index is 4.69. The molecule has 0 spiro atoms. The fourth-order valence-corrected chi connectivity index (χ4v) is 10.4. The number of carbonyl (C=O) groups is 3. The van der Waals surface area contributed by atoms with Crippen molar-refractivity contribution in [1.82, 2.24) is 0 Å². The van der Waals surface area contributed by atoms with Gasteiger partial charge in [0.2, 0.25) is 0 Å². The summed E-state index contributed by atoms with van der Waals surface area (Å²) in [6.07, 6.45) is 69.1. The van der Waals surface area contributed by atoms with Gasteiger partial charge in [0.1, 0.15) is 12.7 Å². The highest BCUT2D eigenvalue weighted by molar-refractivity contribution is 7.47. The predicted octanol–water partition coefficient (Wildman–Crippen LogP) is 20.5. The van der Waals surface area contributed by atoms with Crippen molar-refractivity contribution in [3.63, 3.8) is 0 Å². The highest BCUT2D eigenvalue weighted by Crippen LogP contribution is 2.43. The van der Waals surface area contributed by atoms with Crippen molar-refractivity contribution in [2.75, 3.05) is 26.4 Å². The molecule has 2 N–H and O–H groups in total. The predicted molar refractivity (Wildman–Crippen MR) is 335 cm³/mol. The maximum absolute atomic E-state index is 13.0. The summed E-state index contributed by atoms with van der Waals surface area (Å²) in [6.45, 7) is 4.67. The number of esters is 3. The average molecular weight is 1150 g/mol. The average Bonchev–Trinajstić information content (AvgIpc) is 3.45. The van der Waals surface area contributed by atoms with Gasteiger partial charge in [0.15, 0.2) is 6.10 Å². The summed E-state index contributed by atoms with van der Waals surface area (Å²) >= 11 is 0. The minimum atomic E-state index is -4.76. The second-order valence-corrected chi connectivity index (χ2v) is 24.1. The minimum Gasteiger partial charge on any atom is -0.462 e. The maximum Gasteiger partial charge on any atom is 0.472 e. The molecular weight excluding hydrogens is 1020 g/mol. The topological polar surface area (TPSA) is 155 Å². The number of unbranched alkanes of at least 4 members (excludes halogenated alkanes) is 38. The number of hydrogen-bond donors (Lipinski definition) is 2. The first-order valence-corrected chi connectivity index (χ1v) is 35.0. The van der Waals surface area contributed by atoms with Gasteiger partial charge in [-0.3, -0.25) is 23.4 Å². The van der Waals surface area contributed by atoms with Crippen LogP contribution in [0.5, 0.6) is 0 Å². The summed E-state index contributed by atoms with van der Waals surface area (Å²) in [4.78, 5) is 48.8. The van der Waals surface area contributed by atoms with E-state index in [4.69, 9.17) is 23.3 Å². The number of aliphatic hydroxyl groups excluding tert-OH is 1. The van der Waals surface area contributed by atoms with Crippen LogP contribution in [0.4, 0.5) is 0 Å². The van der Waals surface area contributed by atoms with E-state index in [1.54, 1.807) is 0 Å². The first-order valence-electron chi connectivity index (χ1n) is 33.5. The van der Waals surface area contributed by atoms with E-state index in [0.717, 1.165) is 96.3 Å². The Labute approximate surface area is 492 Å². The molecule has 0 aromatic carbocycles. The molecule has 0 aromatic rings.